The molecule has 2 aromatic carbocycles. The Morgan fingerprint density at radius 2 is 1.62 bits per heavy atom. The van der Waals surface area contributed by atoms with Crippen LogP contribution in [0.3, 0.4) is 0 Å². The van der Waals surface area contributed by atoms with Crippen molar-refractivity contribution in [3.8, 4) is 6.07 Å². The summed E-state index contributed by atoms with van der Waals surface area (Å²) in [5.74, 6) is 0. The zero-order valence-electron chi connectivity index (χ0n) is 14.3. The molecule has 0 bridgehead atoms. The molecule has 26 heavy (non-hydrogen) atoms. The number of aromatic nitrogens is 2. The maximum Gasteiger partial charge on any atom is 0.284 e. The minimum atomic E-state index is -0.284. The molecule has 0 fully saturated rings. The van der Waals surface area contributed by atoms with Gasteiger partial charge in [-0.05, 0) is 31.2 Å². The summed E-state index contributed by atoms with van der Waals surface area (Å²) in [7, 11) is 1.85. The Morgan fingerprint density at radius 1 is 0.962 bits per heavy atom. The van der Waals surface area contributed by atoms with Crippen molar-refractivity contribution < 1.29 is 0 Å². The lowest BCUT2D eigenvalue weighted by atomic mass is 10.1. The Morgan fingerprint density at radius 3 is 2.31 bits per heavy atom. The zero-order chi connectivity index (χ0) is 18.3. The van der Waals surface area contributed by atoms with E-state index in [9.17, 15) is 10.1 Å². The normalized spacial score (nSPS) is 11.4. The molecule has 0 aliphatic carbocycles. The van der Waals surface area contributed by atoms with Crippen LogP contribution in [0.4, 0.5) is 11.4 Å². The van der Waals surface area contributed by atoms with Crippen molar-refractivity contribution in [1.29, 1.82) is 5.26 Å². The molecule has 0 saturated heterocycles. The highest BCUT2D eigenvalue weighted by Gasteiger charge is 2.20. The second-order valence-electron chi connectivity index (χ2n) is 6.01. The molecule has 0 radical (unpaired) electrons. The maximum atomic E-state index is 13.2. The van der Waals surface area contributed by atoms with Gasteiger partial charge in [-0.3, -0.25) is 9.20 Å². The fraction of sp³-hybridized carbons (Fsp3) is 0.100. The van der Waals surface area contributed by atoms with Gasteiger partial charge in [0, 0.05) is 12.6 Å². The van der Waals surface area contributed by atoms with Gasteiger partial charge in [0.1, 0.15) is 11.7 Å². The topological polar surface area (TPSA) is 74.9 Å². The van der Waals surface area contributed by atoms with Gasteiger partial charge in [-0.2, -0.15) is 10.4 Å². The number of azo groups is 1. The average Bonchev–Trinajstić information content (AvgIpc) is 2.96. The van der Waals surface area contributed by atoms with Crippen molar-refractivity contribution in [2.75, 3.05) is 0 Å². The maximum absolute atomic E-state index is 13.2. The lowest BCUT2D eigenvalue weighted by Gasteiger charge is -2.06. The molecule has 6 heteroatoms. The van der Waals surface area contributed by atoms with Crippen molar-refractivity contribution in [2.24, 2.45) is 17.3 Å². The number of imidazole rings is 1. The second kappa shape index (κ2) is 5.97. The molecule has 126 valence electrons. The van der Waals surface area contributed by atoms with E-state index in [4.69, 9.17) is 0 Å². The zero-order valence-corrected chi connectivity index (χ0v) is 14.3. The van der Waals surface area contributed by atoms with Gasteiger partial charge >= 0.3 is 0 Å². The van der Waals surface area contributed by atoms with Gasteiger partial charge in [-0.15, -0.1) is 5.11 Å². The molecule has 0 unspecified atom stereocenters. The number of aryl methyl sites for hydroxylation is 1. The van der Waals surface area contributed by atoms with Crippen LogP contribution in [-0.4, -0.2) is 8.97 Å². The highest BCUT2D eigenvalue weighted by atomic mass is 16.1. The van der Waals surface area contributed by atoms with Gasteiger partial charge in [0.2, 0.25) is 0 Å². The number of rotatable bonds is 2. The number of nitriles is 1. The summed E-state index contributed by atoms with van der Waals surface area (Å²) in [6, 6.07) is 19.0. The molecule has 0 saturated carbocycles. The molecule has 0 amide bonds. The van der Waals surface area contributed by atoms with E-state index in [0.29, 0.717) is 22.5 Å². The van der Waals surface area contributed by atoms with E-state index in [1.54, 1.807) is 23.5 Å². The van der Waals surface area contributed by atoms with Gasteiger partial charge in [0.25, 0.3) is 5.56 Å². The van der Waals surface area contributed by atoms with Crippen LogP contribution in [0.15, 0.2) is 69.6 Å². The molecular formula is C20H15N5O. The van der Waals surface area contributed by atoms with E-state index < -0.39 is 0 Å². The van der Waals surface area contributed by atoms with Crippen LogP contribution < -0.4 is 5.56 Å². The molecule has 2 aromatic heterocycles. The molecular weight excluding hydrogens is 326 g/mol. The van der Waals surface area contributed by atoms with Crippen molar-refractivity contribution in [2.45, 2.75) is 6.92 Å². The standard InChI is InChI=1S/C20H15N5O/c1-13-15(12-21)19-24(2)16-10-6-7-11-17(16)25(19)20(26)18(13)23-22-14-8-4-3-5-9-14/h3-11H,1-2H3. The molecule has 0 atom stereocenters. The Kier molecular flexibility index (Phi) is 3.63. The summed E-state index contributed by atoms with van der Waals surface area (Å²) in [6.45, 7) is 1.73. The lowest BCUT2D eigenvalue weighted by Crippen LogP contribution is -2.15. The number of para-hydroxylation sites is 2. The highest BCUT2D eigenvalue weighted by molar-refractivity contribution is 5.85. The summed E-state index contributed by atoms with van der Waals surface area (Å²) in [5, 5.41) is 18.1. The Balaban J connectivity index is 2.10. The van der Waals surface area contributed by atoms with Crippen LogP contribution in [-0.2, 0) is 7.05 Å². The fourth-order valence-corrected chi connectivity index (χ4v) is 3.21. The summed E-state index contributed by atoms with van der Waals surface area (Å²) in [4.78, 5) is 13.2. The first-order valence-electron chi connectivity index (χ1n) is 8.13. The summed E-state index contributed by atoms with van der Waals surface area (Å²) in [5.41, 5.74) is 3.67. The van der Waals surface area contributed by atoms with Crippen molar-refractivity contribution in [3.63, 3.8) is 0 Å². The van der Waals surface area contributed by atoms with E-state index >= 15 is 0 Å². The number of fused-ring (bicyclic) bond motifs is 3. The van der Waals surface area contributed by atoms with Crippen LogP contribution in [0.5, 0.6) is 0 Å². The largest absolute Gasteiger partial charge is 0.328 e. The van der Waals surface area contributed by atoms with Gasteiger partial charge in [-0.1, -0.05) is 30.3 Å². The van der Waals surface area contributed by atoms with Gasteiger partial charge in [-0.25, -0.2) is 0 Å². The van der Waals surface area contributed by atoms with E-state index in [0.717, 1.165) is 11.0 Å². The monoisotopic (exact) mass is 341 g/mol. The van der Waals surface area contributed by atoms with Crippen molar-refractivity contribution in [3.05, 3.63) is 76.1 Å². The summed E-state index contributed by atoms with van der Waals surface area (Å²) in [6.07, 6.45) is 0. The van der Waals surface area contributed by atoms with E-state index in [-0.39, 0.29) is 11.2 Å². The van der Waals surface area contributed by atoms with Gasteiger partial charge in [0.15, 0.2) is 5.69 Å². The van der Waals surface area contributed by atoms with Gasteiger partial charge < -0.3 is 4.57 Å². The van der Waals surface area contributed by atoms with E-state index in [2.05, 4.69) is 16.3 Å². The first-order chi connectivity index (χ1) is 12.6. The molecule has 0 aliphatic heterocycles. The van der Waals surface area contributed by atoms with Crippen molar-refractivity contribution in [1.82, 2.24) is 8.97 Å². The number of pyridine rings is 1. The summed E-state index contributed by atoms with van der Waals surface area (Å²) >= 11 is 0. The smallest absolute Gasteiger partial charge is 0.284 e. The Bertz CT molecular complexity index is 1270. The number of hydrogen-bond donors (Lipinski definition) is 0. The number of hydrogen-bond acceptors (Lipinski definition) is 4. The van der Waals surface area contributed by atoms with Crippen LogP contribution in [0.25, 0.3) is 16.7 Å². The third-order valence-electron chi connectivity index (χ3n) is 4.51. The Labute approximate surface area is 149 Å². The lowest BCUT2D eigenvalue weighted by molar-refractivity contribution is 0.965. The molecule has 0 spiro atoms. The number of nitrogens with zero attached hydrogens (tertiary/aromatic N) is 5. The highest BCUT2D eigenvalue weighted by Crippen LogP contribution is 2.27. The second-order valence-corrected chi connectivity index (χ2v) is 6.01. The molecule has 4 aromatic rings. The van der Waals surface area contributed by atoms with Gasteiger partial charge in [0.05, 0.1) is 22.3 Å². The molecule has 0 aliphatic rings. The summed E-state index contributed by atoms with van der Waals surface area (Å²) < 4.78 is 3.40. The van der Waals surface area contributed by atoms with Crippen molar-refractivity contribution >= 4 is 28.1 Å². The molecule has 6 nitrogen and oxygen atoms in total. The number of benzene rings is 2. The quantitative estimate of drug-likeness (QED) is 0.507. The third-order valence-corrected chi connectivity index (χ3v) is 4.51. The van der Waals surface area contributed by atoms with Crippen LogP contribution in [0, 0.1) is 18.3 Å². The Hall–Kier alpha value is -3.72. The molecule has 0 N–H and O–H groups in total. The average molecular weight is 341 g/mol. The van der Waals surface area contributed by atoms with Crippen LogP contribution in [0.1, 0.15) is 11.1 Å². The third kappa shape index (κ3) is 2.22. The van der Waals surface area contributed by atoms with E-state index in [1.165, 1.54) is 0 Å². The minimum absolute atomic E-state index is 0.180. The van der Waals surface area contributed by atoms with E-state index in [1.807, 2.05) is 54.1 Å². The fourth-order valence-electron chi connectivity index (χ4n) is 3.21. The molecule has 2 heterocycles. The minimum Gasteiger partial charge on any atom is -0.328 e. The predicted molar refractivity (Wildman–Crippen MR) is 100 cm³/mol. The van der Waals surface area contributed by atoms with Crippen LogP contribution >= 0.6 is 0 Å². The first kappa shape index (κ1) is 15.8. The first-order valence-corrected chi connectivity index (χ1v) is 8.13. The molecule has 4 rings (SSSR count). The van der Waals surface area contributed by atoms with Crippen LogP contribution in [0.2, 0.25) is 0 Å². The SMILES string of the molecule is Cc1c(N=Nc2ccccc2)c(=O)n2c3ccccc3n(C)c2c1C#N. The predicted octanol–water partition coefficient (Wildman–Crippen LogP) is 4.39.